The molecule has 0 aliphatic heterocycles. The molecule has 3 heteroatoms. The molecule has 0 saturated heterocycles. The average Bonchev–Trinajstić information content (AvgIpc) is 2.39. The first-order valence-corrected chi connectivity index (χ1v) is 7.98. The minimum Gasteiger partial charge on any atom is -0.289 e. The van der Waals surface area contributed by atoms with E-state index in [4.69, 9.17) is 0 Å². The van der Waals surface area contributed by atoms with Crippen LogP contribution in [0.25, 0.3) is 0 Å². The lowest BCUT2D eigenvalue weighted by Gasteiger charge is -2.05. The number of Topliss-reactive ketones (excluding diaryl/α,β-unsaturated/α-hetero) is 1. The number of hydrogen-bond donors (Lipinski definition) is 0. The van der Waals surface area contributed by atoms with Crippen molar-refractivity contribution in [2.45, 2.75) is 13.8 Å². The van der Waals surface area contributed by atoms with Crippen LogP contribution in [0.4, 0.5) is 0 Å². The summed E-state index contributed by atoms with van der Waals surface area (Å²) in [7, 11) is 0. The second-order valence-electron chi connectivity index (χ2n) is 3.43. The van der Waals surface area contributed by atoms with Crippen LogP contribution in [0.1, 0.15) is 24.2 Å². The molecule has 1 nitrogen and oxygen atoms in total. The monoisotopic (exact) mass is 266 g/mol. The normalized spacial score (nSPS) is 11.5. The number of benzene rings is 1. The van der Waals surface area contributed by atoms with Crippen LogP contribution in [-0.2, 0) is 0 Å². The van der Waals surface area contributed by atoms with E-state index in [1.54, 1.807) is 23.5 Å². The van der Waals surface area contributed by atoms with Gasteiger partial charge in [-0.25, -0.2) is 0 Å². The second-order valence-corrected chi connectivity index (χ2v) is 5.85. The molecule has 0 atom stereocenters. The Kier molecular flexibility index (Phi) is 7.13. The predicted octanol–water partition coefficient (Wildman–Crippen LogP) is 4.26. The molecule has 1 aromatic carbocycles. The van der Waals surface area contributed by atoms with Crippen molar-refractivity contribution in [3.8, 4) is 0 Å². The topological polar surface area (TPSA) is 17.1 Å². The van der Waals surface area contributed by atoms with Crippen LogP contribution in [-0.4, -0.2) is 23.0 Å². The summed E-state index contributed by atoms with van der Waals surface area (Å²) in [6.45, 7) is 4.21. The van der Waals surface area contributed by atoms with Crippen molar-refractivity contribution in [3.63, 3.8) is 0 Å². The van der Waals surface area contributed by atoms with E-state index in [2.05, 4.69) is 13.8 Å². The lowest BCUT2D eigenvalue weighted by atomic mass is 10.1. The van der Waals surface area contributed by atoms with Crippen molar-refractivity contribution in [3.05, 3.63) is 46.9 Å². The third-order valence-corrected chi connectivity index (χ3v) is 3.89. The molecule has 0 aliphatic carbocycles. The van der Waals surface area contributed by atoms with Gasteiger partial charge in [0.2, 0.25) is 0 Å². The van der Waals surface area contributed by atoms with Gasteiger partial charge in [0.25, 0.3) is 0 Å². The van der Waals surface area contributed by atoms with E-state index < -0.39 is 0 Å². The van der Waals surface area contributed by atoms with Crippen molar-refractivity contribution in [2.75, 3.05) is 17.3 Å². The van der Waals surface area contributed by atoms with Gasteiger partial charge in [-0.05, 0) is 16.9 Å². The fourth-order valence-corrected chi connectivity index (χ4v) is 2.63. The van der Waals surface area contributed by atoms with E-state index in [9.17, 15) is 4.79 Å². The Morgan fingerprint density at radius 2 is 1.88 bits per heavy atom. The van der Waals surface area contributed by atoms with Gasteiger partial charge in [-0.2, -0.15) is 11.8 Å². The van der Waals surface area contributed by atoms with Gasteiger partial charge in [0.1, 0.15) is 0 Å². The molecule has 0 fully saturated rings. The van der Waals surface area contributed by atoms with Gasteiger partial charge in [-0.1, -0.05) is 44.2 Å². The Bertz CT molecular complexity index is 371. The van der Waals surface area contributed by atoms with Gasteiger partial charge >= 0.3 is 0 Å². The minimum atomic E-state index is 0.160. The summed E-state index contributed by atoms with van der Waals surface area (Å²) in [5.74, 6) is 3.00. The average molecular weight is 266 g/mol. The van der Waals surface area contributed by atoms with E-state index in [0.29, 0.717) is 0 Å². The van der Waals surface area contributed by atoms with Gasteiger partial charge in [0, 0.05) is 16.9 Å². The molecule has 92 valence electrons. The number of hydrogen-bond acceptors (Lipinski definition) is 3. The van der Waals surface area contributed by atoms with Gasteiger partial charge in [-0.3, -0.25) is 4.79 Å². The van der Waals surface area contributed by atoms with Crippen LogP contribution in [0.2, 0.25) is 0 Å². The highest BCUT2D eigenvalue weighted by Crippen LogP contribution is 2.17. The lowest BCUT2D eigenvalue weighted by Crippen LogP contribution is -2.05. The van der Waals surface area contributed by atoms with E-state index in [-0.39, 0.29) is 5.78 Å². The van der Waals surface area contributed by atoms with Crippen LogP contribution in [0.5, 0.6) is 0 Å². The minimum absolute atomic E-state index is 0.160. The predicted molar refractivity (Wildman–Crippen MR) is 80.0 cm³/mol. The molecular weight excluding hydrogens is 248 g/mol. The standard InChI is InChI=1S/C14H18OS2/c1-3-16-10-13(11-17-4-2)14(15)12-8-6-5-7-9-12/h5-10H,3-4,11H2,1-2H3. The number of ketones is 1. The summed E-state index contributed by atoms with van der Waals surface area (Å²) < 4.78 is 0. The number of carbonyl (C=O) groups excluding carboxylic acids is 1. The fourth-order valence-electron chi connectivity index (χ4n) is 1.32. The van der Waals surface area contributed by atoms with Crippen LogP contribution in [0, 0.1) is 0 Å². The molecule has 0 N–H and O–H groups in total. The maximum absolute atomic E-state index is 12.3. The van der Waals surface area contributed by atoms with Crippen molar-refractivity contribution < 1.29 is 4.79 Å². The highest BCUT2D eigenvalue weighted by Gasteiger charge is 2.11. The first-order chi connectivity index (χ1) is 8.29. The van der Waals surface area contributed by atoms with Crippen molar-refractivity contribution >= 4 is 29.3 Å². The molecule has 0 aliphatic rings. The Hall–Kier alpha value is -0.670. The van der Waals surface area contributed by atoms with Crippen molar-refractivity contribution in [2.24, 2.45) is 0 Å². The van der Waals surface area contributed by atoms with E-state index in [1.807, 2.05) is 35.7 Å². The summed E-state index contributed by atoms with van der Waals surface area (Å²) in [6.07, 6.45) is 0. The van der Waals surface area contributed by atoms with Gasteiger partial charge in [0.15, 0.2) is 5.78 Å². The molecule has 0 radical (unpaired) electrons. The number of thioether (sulfide) groups is 2. The van der Waals surface area contributed by atoms with Crippen LogP contribution in [0.3, 0.4) is 0 Å². The molecule has 0 aromatic heterocycles. The smallest absolute Gasteiger partial charge is 0.190 e. The Morgan fingerprint density at radius 3 is 2.47 bits per heavy atom. The van der Waals surface area contributed by atoms with Crippen LogP contribution >= 0.6 is 23.5 Å². The largest absolute Gasteiger partial charge is 0.289 e. The SMILES string of the molecule is CCSC=C(CSCC)C(=O)c1ccccc1. The summed E-state index contributed by atoms with van der Waals surface area (Å²) in [5, 5.41) is 2.01. The van der Waals surface area contributed by atoms with Crippen LogP contribution in [0.15, 0.2) is 41.3 Å². The molecule has 0 unspecified atom stereocenters. The number of rotatable bonds is 7. The Balaban J connectivity index is 2.79. The highest BCUT2D eigenvalue weighted by atomic mass is 32.2. The van der Waals surface area contributed by atoms with Gasteiger partial charge < -0.3 is 0 Å². The fraction of sp³-hybridized carbons (Fsp3) is 0.357. The van der Waals surface area contributed by atoms with Crippen LogP contribution < -0.4 is 0 Å². The third-order valence-electron chi connectivity index (χ3n) is 2.18. The summed E-state index contributed by atoms with van der Waals surface area (Å²) >= 11 is 3.48. The zero-order chi connectivity index (χ0) is 12.5. The first-order valence-electron chi connectivity index (χ1n) is 5.77. The molecule has 0 amide bonds. The molecule has 17 heavy (non-hydrogen) atoms. The summed E-state index contributed by atoms with van der Waals surface area (Å²) in [4.78, 5) is 12.3. The summed E-state index contributed by atoms with van der Waals surface area (Å²) in [6, 6.07) is 9.50. The maximum atomic E-state index is 12.3. The van der Waals surface area contributed by atoms with Gasteiger partial charge in [-0.15, -0.1) is 11.8 Å². The van der Waals surface area contributed by atoms with Crippen molar-refractivity contribution in [1.82, 2.24) is 0 Å². The quantitative estimate of drug-likeness (QED) is 0.542. The number of carbonyl (C=O) groups is 1. The van der Waals surface area contributed by atoms with E-state index in [1.165, 1.54) is 0 Å². The Labute approximate surface area is 112 Å². The lowest BCUT2D eigenvalue weighted by molar-refractivity contribution is 0.103. The second kappa shape index (κ2) is 8.43. The zero-order valence-electron chi connectivity index (χ0n) is 10.3. The van der Waals surface area contributed by atoms with Crippen molar-refractivity contribution in [1.29, 1.82) is 0 Å². The first kappa shape index (κ1) is 14.4. The molecule has 0 heterocycles. The molecule has 1 aromatic rings. The van der Waals surface area contributed by atoms with E-state index >= 15 is 0 Å². The molecule has 0 bridgehead atoms. The third kappa shape index (κ3) is 5.00. The van der Waals surface area contributed by atoms with Gasteiger partial charge in [0.05, 0.1) is 0 Å². The summed E-state index contributed by atoms with van der Waals surface area (Å²) in [5.41, 5.74) is 1.70. The molecular formula is C14H18OS2. The maximum Gasteiger partial charge on any atom is 0.190 e. The highest BCUT2D eigenvalue weighted by molar-refractivity contribution is 8.02. The molecule has 0 spiro atoms. The van der Waals surface area contributed by atoms with E-state index in [0.717, 1.165) is 28.4 Å². The molecule has 1 rings (SSSR count). The zero-order valence-corrected chi connectivity index (χ0v) is 11.9. The Morgan fingerprint density at radius 1 is 1.18 bits per heavy atom. The molecule has 0 saturated carbocycles.